The number of amides is 2. The van der Waals surface area contributed by atoms with Gasteiger partial charge in [-0.15, -0.1) is 0 Å². The lowest BCUT2D eigenvalue weighted by atomic mass is 9.97. The molecule has 0 bridgehead atoms. The number of anilines is 1. The number of esters is 1. The van der Waals surface area contributed by atoms with Crippen LogP contribution >= 0.6 is 0 Å². The van der Waals surface area contributed by atoms with Crippen molar-refractivity contribution in [3.8, 4) is 0 Å². The molecule has 1 aliphatic heterocycles. The molecule has 0 saturated carbocycles. The van der Waals surface area contributed by atoms with E-state index in [4.69, 9.17) is 4.74 Å². The second kappa shape index (κ2) is 13.5. The molecule has 1 atom stereocenters. The fraction of sp³-hybridized carbons (Fsp3) is 0.281. The predicted molar refractivity (Wildman–Crippen MR) is 149 cm³/mol. The highest BCUT2D eigenvalue weighted by atomic mass is 19.1. The van der Waals surface area contributed by atoms with Crippen molar-refractivity contribution in [3.05, 3.63) is 107 Å². The third-order valence-corrected chi connectivity index (χ3v) is 6.71. The average Bonchev–Trinajstić information content (AvgIpc) is 2.96. The number of halogens is 1. The summed E-state index contributed by atoms with van der Waals surface area (Å²) in [4.78, 5) is 41.7. The molecule has 0 aliphatic carbocycles. The van der Waals surface area contributed by atoms with Crippen LogP contribution in [0.4, 0.5) is 10.1 Å². The molecule has 1 heterocycles. The maximum Gasteiger partial charge on any atom is 0.310 e. The van der Waals surface area contributed by atoms with E-state index in [0.717, 1.165) is 24.0 Å². The van der Waals surface area contributed by atoms with Crippen LogP contribution < -0.4 is 4.90 Å². The molecule has 7 heteroatoms. The number of nitrogens with zero attached hydrogens (tertiary/aromatic N) is 2. The molecule has 1 saturated heterocycles. The number of ether oxygens (including phenoxy) is 1. The van der Waals surface area contributed by atoms with Gasteiger partial charge in [-0.25, -0.2) is 4.39 Å². The van der Waals surface area contributed by atoms with Crippen molar-refractivity contribution in [1.82, 2.24) is 4.90 Å². The van der Waals surface area contributed by atoms with Crippen molar-refractivity contribution in [2.75, 3.05) is 24.6 Å². The summed E-state index contributed by atoms with van der Waals surface area (Å²) in [6.07, 6.45) is 4.94. The van der Waals surface area contributed by atoms with E-state index in [2.05, 4.69) is 0 Å². The molecule has 39 heavy (non-hydrogen) atoms. The summed E-state index contributed by atoms with van der Waals surface area (Å²) in [7, 11) is 0. The fourth-order valence-electron chi connectivity index (χ4n) is 4.67. The van der Waals surface area contributed by atoms with Crippen LogP contribution in [-0.4, -0.2) is 42.4 Å². The Balaban J connectivity index is 1.47. The number of piperidine rings is 1. The molecule has 2 amide bonds. The first-order valence-corrected chi connectivity index (χ1v) is 13.3. The van der Waals surface area contributed by atoms with Gasteiger partial charge in [0, 0.05) is 24.9 Å². The topological polar surface area (TPSA) is 66.9 Å². The molecule has 3 aromatic rings. The SMILES string of the molecule is CCOC(=O)[C@H]1CCCN(C(=O)Cc2ccc(N(Cc3cccc(F)c3)C(=O)/C=C/c3ccccc3)cc2)C1. The molecular formula is C32H33FN2O4. The predicted octanol–water partition coefficient (Wildman–Crippen LogP) is 5.42. The first-order valence-electron chi connectivity index (χ1n) is 13.3. The van der Waals surface area contributed by atoms with Crippen molar-refractivity contribution < 1.29 is 23.5 Å². The number of carbonyl (C=O) groups excluding carboxylic acids is 3. The van der Waals surface area contributed by atoms with E-state index in [9.17, 15) is 18.8 Å². The fourth-order valence-corrected chi connectivity index (χ4v) is 4.67. The Kier molecular flexibility index (Phi) is 9.62. The first kappa shape index (κ1) is 27.8. The molecule has 0 N–H and O–H groups in total. The zero-order valence-electron chi connectivity index (χ0n) is 22.1. The summed E-state index contributed by atoms with van der Waals surface area (Å²) >= 11 is 0. The van der Waals surface area contributed by atoms with E-state index in [1.54, 1.807) is 47.1 Å². The number of likely N-dealkylation sites (tertiary alicyclic amines) is 1. The molecule has 0 spiro atoms. The zero-order valence-corrected chi connectivity index (χ0v) is 22.1. The number of rotatable bonds is 9. The number of hydrogen-bond acceptors (Lipinski definition) is 4. The average molecular weight is 529 g/mol. The second-order valence-corrected chi connectivity index (χ2v) is 9.57. The molecule has 4 rings (SSSR count). The summed E-state index contributed by atoms with van der Waals surface area (Å²) in [6.45, 7) is 3.29. The van der Waals surface area contributed by atoms with Crippen molar-refractivity contribution in [2.24, 2.45) is 5.92 Å². The highest BCUT2D eigenvalue weighted by molar-refractivity contribution is 6.03. The van der Waals surface area contributed by atoms with Crippen molar-refractivity contribution >= 4 is 29.5 Å². The van der Waals surface area contributed by atoms with Crippen LogP contribution in [0.3, 0.4) is 0 Å². The van der Waals surface area contributed by atoms with E-state index in [1.165, 1.54) is 18.2 Å². The van der Waals surface area contributed by atoms with Crippen LogP contribution in [0.25, 0.3) is 6.08 Å². The van der Waals surface area contributed by atoms with Crippen LogP contribution in [0.15, 0.2) is 84.9 Å². The van der Waals surface area contributed by atoms with Crippen LogP contribution in [0.1, 0.15) is 36.5 Å². The Morgan fingerprint density at radius 3 is 2.49 bits per heavy atom. The molecule has 1 aliphatic rings. The van der Waals surface area contributed by atoms with Gasteiger partial charge in [0.2, 0.25) is 5.91 Å². The van der Waals surface area contributed by atoms with Crippen LogP contribution in [0.2, 0.25) is 0 Å². The third kappa shape index (κ3) is 7.87. The zero-order chi connectivity index (χ0) is 27.6. The Morgan fingerprint density at radius 2 is 1.77 bits per heavy atom. The minimum Gasteiger partial charge on any atom is -0.466 e. The van der Waals surface area contributed by atoms with Gasteiger partial charge in [-0.3, -0.25) is 14.4 Å². The molecule has 202 valence electrons. The Bertz CT molecular complexity index is 1310. The number of hydrogen-bond donors (Lipinski definition) is 0. The van der Waals surface area contributed by atoms with Crippen molar-refractivity contribution in [2.45, 2.75) is 32.7 Å². The summed E-state index contributed by atoms with van der Waals surface area (Å²) in [5.41, 5.74) is 3.00. The van der Waals surface area contributed by atoms with Gasteiger partial charge in [0.25, 0.3) is 5.91 Å². The van der Waals surface area contributed by atoms with Gasteiger partial charge in [0.15, 0.2) is 0 Å². The maximum absolute atomic E-state index is 13.8. The summed E-state index contributed by atoms with van der Waals surface area (Å²) in [5.74, 6) is -1.18. The lowest BCUT2D eigenvalue weighted by Gasteiger charge is -2.31. The van der Waals surface area contributed by atoms with Crippen molar-refractivity contribution in [1.29, 1.82) is 0 Å². The van der Waals surface area contributed by atoms with E-state index in [1.807, 2.05) is 42.5 Å². The quantitative estimate of drug-likeness (QED) is 0.275. The van der Waals surface area contributed by atoms with Crippen molar-refractivity contribution in [3.63, 3.8) is 0 Å². The lowest BCUT2D eigenvalue weighted by molar-refractivity contribution is -0.151. The van der Waals surface area contributed by atoms with Gasteiger partial charge in [0.1, 0.15) is 5.82 Å². The number of carbonyl (C=O) groups is 3. The first-order chi connectivity index (χ1) is 18.9. The van der Waals surface area contributed by atoms with E-state index in [-0.39, 0.29) is 42.5 Å². The van der Waals surface area contributed by atoms with Gasteiger partial charge in [-0.1, -0.05) is 54.6 Å². The lowest BCUT2D eigenvalue weighted by Crippen LogP contribution is -2.43. The Morgan fingerprint density at radius 1 is 1.00 bits per heavy atom. The monoisotopic (exact) mass is 528 g/mol. The Labute approximate surface area is 228 Å². The van der Waals surface area contributed by atoms with Gasteiger partial charge >= 0.3 is 5.97 Å². The van der Waals surface area contributed by atoms with Crippen LogP contribution in [-0.2, 0) is 32.1 Å². The summed E-state index contributed by atoms with van der Waals surface area (Å²) < 4.78 is 19.0. The van der Waals surface area contributed by atoms with Gasteiger partial charge in [-0.05, 0) is 66.8 Å². The highest BCUT2D eigenvalue weighted by Gasteiger charge is 2.29. The van der Waals surface area contributed by atoms with E-state index in [0.29, 0.717) is 30.9 Å². The maximum atomic E-state index is 13.8. The van der Waals surface area contributed by atoms with Gasteiger partial charge in [-0.2, -0.15) is 0 Å². The smallest absolute Gasteiger partial charge is 0.310 e. The highest BCUT2D eigenvalue weighted by Crippen LogP contribution is 2.22. The summed E-state index contributed by atoms with van der Waals surface area (Å²) in [6, 6.07) is 22.9. The standard InChI is InChI=1S/C32H33FN2O4/c1-2-39-32(38)27-11-7-19-34(23-27)31(37)21-25-13-16-29(17-14-25)35(22-26-10-6-12-28(33)20-26)30(36)18-15-24-8-4-3-5-9-24/h3-6,8-10,12-18,20,27H,2,7,11,19,21-23H2,1H3/b18-15+/t27-/m0/s1. The molecule has 0 aromatic heterocycles. The molecule has 0 radical (unpaired) electrons. The summed E-state index contributed by atoms with van der Waals surface area (Å²) in [5, 5.41) is 0. The minimum atomic E-state index is -0.364. The molecule has 1 fully saturated rings. The van der Waals surface area contributed by atoms with Gasteiger partial charge in [0.05, 0.1) is 25.5 Å². The molecular weight excluding hydrogens is 495 g/mol. The number of benzene rings is 3. The largest absolute Gasteiger partial charge is 0.466 e. The molecule has 6 nitrogen and oxygen atoms in total. The van der Waals surface area contributed by atoms with Crippen LogP contribution in [0, 0.1) is 11.7 Å². The Hall–Kier alpha value is -4.26. The third-order valence-electron chi connectivity index (χ3n) is 6.71. The molecule has 0 unspecified atom stereocenters. The van der Waals surface area contributed by atoms with Crippen LogP contribution in [0.5, 0.6) is 0 Å². The second-order valence-electron chi connectivity index (χ2n) is 9.57. The van der Waals surface area contributed by atoms with Gasteiger partial charge < -0.3 is 14.5 Å². The minimum absolute atomic E-state index is 0.0461. The van der Waals surface area contributed by atoms with E-state index >= 15 is 0 Å². The normalized spacial score (nSPS) is 15.2. The molecule has 3 aromatic carbocycles. The van der Waals surface area contributed by atoms with E-state index < -0.39 is 0 Å².